The molecule has 0 bridgehead atoms. The summed E-state index contributed by atoms with van der Waals surface area (Å²) in [6.45, 7) is 0.925. The van der Waals surface area contributed by atoms with E-state index < -0.39 is 35.0 Å². The standard InChI is InChI=1S/C10H10F5NO/c1-5(16)9(17,10(13,14)15)6-2-3-7(11)8(12)4-6/h2-5,17H,16H2,1H3. The maximum atomic E-state index is 12.9. The van der Waals surface area contributed by atoms with E-state index in [-0.39, 0.29) is 6.07 Å². The lowest BCUT2D eigenvalue weighted by atomic mass is 9.87. The van der Waals surface area contributed by atoms with Crippen LogP contribution < -0.4 is 5.73 Å². The van der Waals surface area contributed by atoms with Gasteiger partial charge in [-0.15, -0.1) is 0 Å². The first-order valence-corrected chi connectivity index (χ1v) is 4.61. The highest BCUT2D eigenvalue weighted by Gasteiger charge is 2.57. The minimum absolute atomic E-state index is 0.284. The zero-order valence-electron chi connectivity index (χ0n) is 8.72. The Morgan fingerprint density at radius 3 is 2.06 bits per heavy atom. The van der Waals surface area contributed by atoms with Crippen molar-refractivity contribution >= 4 is 0 Å². The molecule has 96 valence electrons. The van der Waals surface area contributed by atoms with Gasteiger partial charge in [0.05, 0.1) is 0 Å². The van der Waals surface area contributed by atoms with Crippen LogP contribution in [0.15, 0.2) is 18.2 Å². The predicted octanol–water partition coefficient (Wildman–Crippen LogP) is 2.06. The Hall–Kier alpha value is -1.21. The van der Waals surface area contributed by atoms with Gasteiger partial charge in [-0.3, -0.25) is 0 Å². The van der Waals surface area contributed by atoms with Crippen LogP contribution in [0.5, 0.6) is 0 Å². The molecule has 7 heteroatoms. The zero-order chi connectivity index (χ0) is 13.4. The Morgan fingerprint density at radius 1 is 1.18 bits per heavy atom. The Balaban J connectivity index is 3.39. The van der Waals surface area contributed by atoms with Crippen LogP contribution in [0.3, 0.4) is 0 Å². The van der Waals surface area contributed by atoms with Gasteiger partial charge in [0.2, 0.25) is 5.60 Å². The van der Waals surface area contributed by atoms with Crippen LogP contribution in [0, 0.1) is 11.6 Å². The summed E-state index contributed by atoms with van der Waals surface area (Å²) in [5.41, 5.74) is 0.842. The van der Waals surface area contributed by atoms with Crippen molar-refractivity contribution in [3.8, 4) is 0 Å². The van der Waals surface area contributed by atoms with Crippen LogP contribution in [0.1, 0.15) is 12.5 Å². The molecular formula is C10H10F5NO. The van der Waals surface area contributed by atoms with Crippen molar-refractivity contribution in [1.29, 1.82) is 0 Å². The highest BCUT2D eigenvalue weighted by molar-refractivity contribution is 5.27. The Bertz CT molecular complexity index is 418. The number of benzene rings is 1. The second kappa shape index (κ2) is 4.23. The number of hydrogen-bond acceptors (Lipinski definition) is 2. The molecule has 2 atom stereocenters. The number of halogens is 5. The molecule has 0 fully saturated rings. The SMILES string of the molecule is CC(N)C(O)(c1ccc(F)c(F)c1)C(F)(F)F. The number of hydrogen-bond donors (Lipinski definition) is 2. The molecule has 0 spiro atoms. The molecule has 2 nitrogen and oxygen atoms in total. The monoisotopic (exact) mass is 255 g/mol. The quantitative estimate of drug-likeness (QED) is 0.794. The number of nitrogens with two attached hydrogens (primary N) is 1. The summed E-state index contributed by atoms with van der Waals surface area (Å²) in [7, 11) is 0. The van der Waals surface area contributed by atoms with Crippen LogP contribution in [-0.4, -0.2) is 17.3 Å². The summed E-state index contributed by atoms with van der Waals surface area (Å²) in [6, 6.07) is -0.294. The molecule has 0 heterocycles. The fraction of sp³-hybridized carbons (Fsp3) is 0.400. The van der Waals surface area contributed by atoms with E-state index in [9.17, 15) is 27.1 Å². The summed E-state index contributed by atoms with van der Waals surface area (Å²) in [6.07, 6.45) is -5.09. The van der Waals surface area contributed by atoms with Crippen LogP contribution in [0.4, 0.5) is 22.0 Å². The van der Waals surface area contributed by atoms with E-state index in [0.29, 0.717) is 12.1 Å². The van der Waals surface area contributed by atoms with Gasteiger partial charge in [-0.1, -0.05) is 6.07 Å². The maximum Gasteiger partial charge on any atom is 0.422 e. The fourth-order valence-electron chi connectivity index (χ4n) is 1.42. The molecule has 0 aromatic heterocycles. The minimum Gasteiger partial charge on any atom is -0.375 e. The molecule has 0 saturated heterocycles. The molecule has 0 amide bonds. The van der Waals surface area contributed by atoms with Crippen LogP contribution in [0.25, 0.3) is 0 Å². The van der Waals surface area contributed by atoms with Gasteiger partial charge < -0.3 is 10.8 Å². The van der Waals surface area contributed by atoms with Crippen molar-refractivity contribution in [3.63, 3.8) is 0 Å². The summed E-state index contributed by atoms with van der Waals surface area (Å²) in [4.78, 5) is 0. The highest BCUT2D eigenvalue weighted by atomic mass is 19.4. The molecule has 0 aliphatic carbocycles. The molecule has 0 aliphatic rings. The molecule has 1 rings (SSSR count). The number of aliphatic hydroxyl groups is 1. The fourth-order valence-corrected chi connectivity index (χ4v) is 1.42. The lowest BCUT2D eigenvalue weighted by Crippen LogP contribution is -2.54. The minimum atomic E-state index is -5.09. The zero-order valence-corrected chi connectivity index (χ0v) is 8.72. The first-order valence-electron chi connectivity index (χ1n) is 4.61. The molecule has 1 aromatic rings. The molecule has 1 aromatic carbocycles. The van der Waals surface area contributed by atoms with Crippen LogP contribution in [-0.2, 0) is 5.60 Å². The van der Waals surface area contributed by atoms with Crippen LogP contribution >= 0.6 is 0 Å². The molecular weight excluding hydrogens is 245 g/mol. The Kier molecular flexibility index (Phi) is 3.45. The average Bonchev–Trinajstić information content (AvgIpc) is 2.19. The second-order valence-corrected chi connectivity index (χ2v) is 3.68. The van der Waals surface area contributed by atoms with E-state index in [1.807, 2.05) is 0 Å². The van der Waals surface area contributed by atoms with Crippen molar-refractivity contribution in [2.24, 2.45) is 5.73 Å². The summed E-state index contributed by atoms with van der Waals surface area (Å²) >= 11 is 0. The van der Waals surface area contributed by atoms with Gasteiger partial charge in [-0.05, 0) is 24.6 Å². The Labute approximate surface area is 93.9 Å². The Morgan fingerprint density at radius 2 is 1.71 bits per heavy atom. The highest BCUT2D eigenvalue weighted by Crippen LogP contribution is 2.41. The summed E-state index contributed by atoms with van der Waals surface area (Å²) in [5.74, 6) is -2.78. The number of alkyl halides is 3. The van der Waals surface area contributed by atoms with Crippen molar-refractivity contribution in [2.75, 3.05) is 0 Å². The van der Waals surface area contributed by atoms with E-state index in [2.05, 4.69) is 0 Å². The molecule has 2 unspecified atom stereocenters. The summed E-state index contributed by atoms with van der Waals surface area (Å²) < 4.78 is 63.7. The normalized spacial score (nSPS) is 17.6. The molecule has 3 N–H and O–H groups in total. The van der Waals surface area contributed by atoms with E-state index in [4.69, 9.17) is 5.73 Å². The second-order valence-electron chi connectivity index (χ2n) is 3.68. The van der Waals surface area contributed by atoms with E-state index in [1.54, 1.807) is 0 Å². The van der Waals surface area contributed by atoms with Gasteiger partial charge in [-0.2, -0.15) is 13.2 Å². The first-order chi connectivity index (χ1) is 7.60. The molecule has 0 aliphatic heterocycles. The molecule has 0 saturated carbocycles. The third-order valence-electron chi connectivity index (χ3n) is 2.45. The largest absolute Gasteiger partial charge is 0.422 e. The average molecular weight is 255 g/mol. The number of rotatable bonds is 2. The van der Waals surface area contributed by atoms with E-state index in [1.165, 1.54) is 0 Å². The van der Waals surface area contributed by atoms with Gasteiger partial charge in [0.15, 0.2) is 11.6 Å². The van der Waals surface area contributed by atoms with Crippen molar-refractivity contribution < 1.29 is 27.1 Å². The van der Waals surface area contributed by atoms with Crippen molar-refractivity contribution in [3.05, 3.63) is 35.4 Å². The lowest BCUT2D eigenvalue weighted by Gasteiger charge is -2.34. The van der Waals surface area contributed by atoms with Gasteiger partial charge in [0.1, 0.15) is 0 Å². The first kappa shape index (κ1) is 13.9. The van der Waals surface area contributed by atoms with Gasteiger partial charge in [-0.25, -0.2) is 8.78 Å². The third-order valence-corrected chi connectivity index (χ3v) is 2.45. The van der Waals surface area contributed by atoms with Crippen LogP contribution in [0.2, 0.25) is 0 Å². The molecule has 17 heavy (non-hydrogen) atoms. The van der Waals surface area contributed by atoms with Gasteiger partial charge in [0.25, 0.3) is 0 Å². The summed E-state index contributed by atoms with van der Waals surface area (Å²) in [5, 5.41) is 9.57. The van der Waals surface area contributed by atoms with Crippen molar-refractivity contribution in [1.82, 2.24) is 0 Å². The van der Waals surface area contributed by atoms with Crippen molar-refractivity contribution in [2.45, 2.75) is 24.7 Å². The lowest BCUT2D eigenvalue weighted by molar-refractivity contribution is -0.273. The van der Waals surface area contributed by atoms with E-state index >= 15 is 0 Å². The van der Waals surface area contributed by atoms with E-state index in [0.717, 1.165) is 6.92 Å². The molecule has 0 radical (unpaired) electrons. The van der Waals surface area contributed by atoms with Gasteiger partial charge >= 0.3 is 6.18 Å². The predicted molar refractivity (Wildman–Crippen MR) is 50.0 cm³/mol. The maximum absolute atomic E-state index is 12.9. The van der Waals surface area contributed by atoms with Gasteiger partial charge in [0, 0.05) is 6.04 Å². The third kappa shape index (κ3) is 2.25. The smallest absolute Gasteiger partial charge is 0.375 e. The topological polar surface area (TPSA) is 46.2 Å².